The van der Waals surface area contributed by atoms with E-state index in [0.29, 0.717) is 18.3 Å². The van der Waals surface area contributed by atoms with Gasteiger partial charge < -0.3 is 15.7 Å². The summed E-state index contributed by atoms with van der Waals surface area (Å²) < 4.78 is 13.1. The van der Waals surface area contributed by atoms with E-state index in [0.717, 1.165) is 62.4 Å². The molecule has 2 aromatic carbocycles. The normalized spacial score (nSPS) is 17.9. The number of aryl methyl sites for hydroxylation is 1. The second-order valence-electron chi connectivity index (χ2n) is 8.66. The predicted molar refractivity (Wildman–Crippen MR) is 123 cm³/mol. The third kappa shape index (κ3) is 5.56. The molecular weight excluding hydrogens is 391 g/mol. The van der Waals surface area contributed by atoms with Crippen molar-refractivity contribution in [1.82, 2.24) is 15.5 Å². The Bertz CT molecular complexity index is 904. The van der Waals surface area contributed by atoms with Crippen molar-refractivity contribution in [1.29, 1.82) is 0 Å². The number of benzene rings is 2. The van der Waals surface area contributed by atoms with Crippen LogP contribution in [0.5, 0.6) is 5.75 Å². The number of likely N-dealkylation sites (tertiary alicyclic amines) is 1. The molecule has 0 saturated carbocycles. The maximum atomic E-state index is 13.1. The highest BCUT2D eigenvalue weighted by Crippen LogP contribution is 2.30. The SMILES string of the molecule is CN=C(NCc1c(O)ccc2c1CCCC2)NC1CCN(Cc2ccc(F)cc2)CC1. The van der Waals surface area contributed by atoms with Crippen molar-refractivity contribution in [3.8, 4) is 5.75 Å². The lowest BCUT2D eigenvalue weighted by molar-refractivity contribution is 0.198. The van der Waals surface area contributed by atoms with Gasteiger partial charge in [-0.15, -0.1) is 0 Å². The van der Waals surface area contributed by atoms with Gasteiger partial charge in [-0.05, 0) is 73.4 Å². The molecule has 1 heterocycles. The second-order valence-corrected chi connectivity index (χ2v) is 8.66. The van der Waals surface area contributed by atoms with Gasteiger partial charge in [-0.25, -0.2) is 4.39 Å². The van der Waals surface area contributed by atoms with Crippen LogP contribution in [0.4, 0.5) is 4.39 Å². The molecule has 6 heteroatoms. The summed E-state index contributed by atoms with van der Waals surface area (Å²) in [5, 5.41) is 17.4. The van der Waals surface area contributed by atoms with E-state index < -0.39 is 0 Å². The Kier molecular flexibility index (Phi) is 7.07. The maximum absolute atomic E-state index is 13.1. The number of guanidine groups is 1. The summed E-state index contributed by atoms with van der Waals surface area (Å²) in [6.45, 7) is 3.44. The molecule has 0 unspecified atom stereocenters. The molecule has 166 valence electrons. The zero-order valence-electron chi connectivity index (χ0n) is 18.3. The van der Waals surface area contributed by atoms with E-state index >= 15 is 0 Å². The first-order chi connectivity index (χ1) is 15.1. The molecule has 4 rings (SSSR count). The van der Waals surface area contributed by atoms with Crippen molar-refractivity contribution in [2.45, 2.75) is 57.7 Å². The van der Waals surface area contributed by atoms with Crippen LogP contribution < -0.4 is 10.6 Å². The van der Waals surface area contributed by atoms with Crippen LogP contribution in [0, 0.1) is 5.82 Å². The van der Waals surface area contributed by atoms with Crippen molar-refractivity contribution >= 4 is 5.96 Å². The molecule has 1 aliphatic carbocycles. The van der Waals surface area contributed by atoms with Crippen molar-refractivity contribution in [3.63, 3.8) is 0 Å². The number of phenols is 1. The number of nitrogens with zero attached hydrogens (tertiary/aromatic N) is 2. The van der Waals surface area contributed by atoms with Crippen molar-refractivity contribution in [2.75, 3.05) is 20.1 Å². The molecule has 5 nitrogen and oxygen atoms in total. The first-order valence-corrected chi connectivity index (χ1v) is 11.4. The topological polar surface area (TPSA) is 59.9 Å². The molecule has 1 fully saturated rings. The highest BCUT2D eigenvalue weighted by molar-refractivity contribution is 5.80. The Morgan fingerprint density at radius 2 is 1.84 bits per heavy atom. The number of fused-ring (bicyclic) bond motifs is 1. The number of aliphatic imine (C=N–C) groups is 1. The molecule has 0 bridgehead atoms. The fourth-order valence-corrected chi connectivity index (χ4v) is 4.73. The van der Waals surface area contributed by atoms with Crippen LogP contribution in [-0.4, -0.2) is 42.1 Å². The van der Waals surface area contributed by atoms with Gasteiger partial charge in [-0.1, -0.05) is 18.2 Å². The van der Waals surface area contributed by atoms with Crippen LogP contribution in [0.15, 0.2) is 41.4 Å². The molecule has 1 aliphatic heterocycles. The van der Waals surface area contributed by atoms with Gasteiger partial charge in [0.2, 0.25) is 0 Å². The molecule has 31 heavy (non-hydrogen) atoms. The smallest absolute Gasteiger partial charge is 0.191 e. The molecule has 0 spiro atoms. The summed E-state index contributed by atoms with van der Waals surface area (Å²) in [7, 11) is 1.79. The van der Waals surface area contributed by atoms with Crippen molar-refractivity contribution < 1.29 is 9.50 Å². The van der Waals surface area contributed by atoms with Gasteiger partial charge in [0, 0.05) is 44.8 Å². The van der Waals surface area contributed by atoms with Gasteiger partial charge in [0.15, 0.2) is 5.96 Å². The average molecular weight is 425 g/mol. The maximum Gasteiger partial charge on any atom is 0.191 e. The summed E-state index contributed by atoms with van der Waals surface area (Å²) in [5.74, 6) is 0.970. The summed E-state index contributed by atoms with van der Waals surface area (Å²) in [5.41, 5.74) is 4.84. The number of phenolic OH excluding ortho intramolecular Hbond substituents is 1. The number of nitrogens with one attached hydrogen (secondary N) is 2. The fraction of sp³-hybridized carbons (Fsp3) is 0.480. The van der Waals surface area contributed by atoms with Crippen LogP contribution in [-0.2, 0) is 25.9 Å². The zero-order chi connectivity index (χ0) is 21.6. The van der Waals surface area contributed by atoms with Gasteiger partial charge in [-0.2, -0.15) is 0 Å². The summed E-state index contributed by atoms with van der Waals surface area (Å²) in [6.07, 6.45) is 6.63. The quantitative estimate of drug-likeness (QED) is 0.506. The summed E-state index contributed by atoms with van der Waals surface area (Å²) in [6, 6.07) is 11.1. The average Bonchev–Trinajstić information content (AvgIpc) is 2.80. The number of hydrogen-bond donors (Lipinski definition) is 3. The molecule has 1 saturated heterocycles. The second kappa shape index (κ2) is 10.1. The van der Waals surface area contributed by atoms with Gasteiger partial charge in [0.25, 0.3) is 0 Å². The molecular formula is C25H33FN4O. The lowest BCUT2D eigenvalue weighted by Crippen LogP contribution is -2.48. The molecule has 0 aromatic heterocycles. The summed E-state index contributed by atoms with van der Waals surface area (Å²) >= 11 is 0. The standard InChI is InChI=1S/C25H33FN4O/c1-27-25(28-16-23-22-5-3-2-4-19(22)8-11-24(23)31)29-21-12-14-30(15-13-21)17-18-6-9-20(26)10-7-18/h6-11,21,31H,2-5,12-17H2,1H3,(H2,27,28,29). The highest BCUT2D eigenvalue weighted by Gasteiger charge is 2.21. The summed E-state index contributed by atoms with van der Waals surface area (Å²) in [4.78, 5) is 6.81. The van der Waals surface area contributed by atoms with Gasteiger partial charge in [0.05, 0.1) is 0 Å². The van der Waals surface area contributed by atoms with Crippen LogP contribution >= 0.6 is 0 Å². The number of piperidine rings is 1. The van der Waals surface area contributed by atoms with Crippen LogP contribution in [0.25, 0.3) is 0 Å². The van der Waals surface area contributed by atoms with E-state index in [2.05, 4.69) is 26.6 Å². The number of halogens is 1. The van der Waals surface area contributed by atoms with E-state index in [1.807, 2.05) is 18.2 Å². The monoisotopic (exact) mass is 424 g/mol. The van der Waals surface area contributed by atoms with E-state index in [9.17, 15) is 9.50 Å². The Balaban J connectivity index is 1.27. The molecule has 0 amide bonds. The van der Waals surface area contributed by atoms with Crippen LogP contribution in [0.3, 0.4) is 0 Å². The minimum Gasteiger partial charge on any atom is -0.508 e. The number of rotatable bonds is 5. The van der Waals surface area contributed by atoms with Crippen molar-refractivity contribution in [2.24, 2.45) is 4.99 Å². The van der Waals surface area contributed by atoms with Crippen molar-refractivity contribution in [3.05, 3.63) is 64.5 Å². The molecule has 0 radical (unpaired) electrons. The molecule has 2 aromatic rings. The first kappa shape index (κ1) is 21.6. The molecule has 2 aliphatic rings. The minimum absolute atomic E-state index is 0.185. The predicted octanol–water partition coefficient (Wildman–Crippen LogP) is 3.74. The molecule has 3 N–H and O–H groups in total. The van der Waals surface area contributed by atoms with Gasteiger partial charge in [0.1, 0.15) is 11.6 Å². The zero-order valence-corrected chi connectivity index (χ0v) is 18.3. The Morgan fingerprint density at radius 3 is 2.58 bits per heavy atom. The minimum atomic E-state index is -0.185. The highest BCUT2D eigenvalue weighted by atomic mass is 19.1. The van der Waals surface area contributed by atoms with Gasteiger partial charge in [-0.3, -0.25) is 9.89 Å². The Hall–Kier alpha value is -2.60. The van der Waals surface area contributed by atoms with E-state index in [1.165, 1.54) is 36.1 Å². The third-order valence-electron chi connectivity index (χ3n) is 6.53. The fourth-order valence-electron chi connectivity index (χ4n) is 4.73. The third-order valence-corrected chi connectivity index (χ3v) is 6.53. The number of hydrogen-bond acceptors (Lipinski definition) is 3. The van der Waals surface area contributed by atoms with E-state index in [1.54, 1.807) is 7.05 Å². The first-order valence-electron chi connectivity index (χ1n) is 11.4. The lowest BCUT2D eigenvalue weighted by atomic mass is 9.88. The van der Waals surface area contributed by atoms with Crippen LogP contribution in [0.2, 0.25) is 0 Å². The molecule has 0 atom stereocenters. The van der Waals surface area contributed by atoms with Gasteiger partial charge >= 0.3 is 0 Å². The lowest BCUT2D eigenvalue weighted by Gasteiger charge is -2.33. The largest absolute Gasteiger partial charge is 0.508 e. The van der Waals surface area contributed by atoms with Crippen LogP contribution in [0.1, 0.15) is 47.9 Å². The Labute approximate surface area is 184 Å². The Morgan fingerprint density at radius 1 is 1.10 bits per heavy atom. The number of aromatic hydroxyl groups is 1. The van der Waals surface area contributed by atoms with E-state index in [-0.39, 0.29) is 5.82 Å². The van der Waals surface area contributed by atoms with E-state index in [4.69, 9.17) is 0 Å².